The van der Waals surface area contributed by atoms with E-state index in [1.54, 1.807) is 11.3 Å². The molecule has 0 saturated heterocycles. The quantitative estimate of drug-likeness (QED) is 0.834. The van der Waals surface area contributed by atoms with Crippen LogP contribution in [0.3, 0.4) is 0 Å². The van der Waals surface area contributed by atoms with Gasteiger partial charge in [-0.05, 0) is 18.6 Å². The summed E-state index contributed by atoms with van der Waals surface area (Å²) in [6.45, 7) is 1.77. The zero-order valence-electron chi connectivity index (χ0n) is 8.98. The molecule has 0 saturated carbocycles. The van der Waals surface area contributed by atoms with Gasteiger partial charge in [-0.25, -0.2) is 4.98 Å². The maximum Gasteiger partial charge on any atom is 0.180 e. The molecule has 2 rings (SSSR count). The van der Waals surface area contributed by atoms with Crippen LogP contribution in [0.4, 0.5) is 5.13 Å². The van der Waals surface area contributed by atoms with Crippen molar-refractivity contribution in [2.45, 2.75) is 13.0 Å². The van der Waals surface area contributed by atoms with Crippen molar-refractivity contribution < 1.29 is 0 Å². The number of hydrogen-bond acceptors (Lipinski definition) is 5. The lowest BCUT2D eigenvalue weighted by Gasteiger charge is -2.00. The molecule has 0 aromatic carbocycles. The Kier molecular flexibility index (Phi) is 6.22. The lowest BCUT2D eigenvalue weighted by molar-refractivity contribution is 0.696. The summed E-state index contributed by atoms with van der Waals surface area (Å²) in [5.74, 6) is 0. The van der Waals surface area contributed by atoms with E-state index >= 15 is 0 Å². The van der Waals surface area contributed by atoms with Gasteiger partial charge >= 0.3 is 0 Å². The van der Waals surface area contributed by atoms with Crippen molar-refractivity contribution in [2.75, 3.05) is 12.3 Å². The molecular weight excluding hydrogens is 297 g/mol. The first-order chi connectivity index (χ1) is 7.74. The third-order valence-electron chi connectivity index (χ3n) is 2.05. The van der Waals surface area contributed by atoms with Crippen LogP contribution in [-0.2, 0) is 13.0 Å². The van der Waals surface area contributed by atoms with Crippen LogP contribution in [-0.4, -0.2) is 11.5 Å². The van der Waals surface area contributed by atoms with Crippen molar-refractivity contribution in [2.24, 2.45) is 0 Å². The van der Waals surface area contributed by atoms with E-state index in [1.807, 2.05) is 12.3 Å². The van der Waals surface area contributed by atoms with E-state index in [9.17, 15) is 0 Å². The number of rotatable bonds is 5. The average molecular weight is 310 g/mol. The van der Waals surface area contributed by atoms with E-state index in [1.165, 1.54) is 21.1 Å². The summed E-state index contributed by atoms with van der Waals surface area (Å²) >= 11 is 9.01. The molecule has 0 aliphatic heterocycles. The molecule has 0 bridgehead atoms. The number of halogens is 2. The number of anilines is 1. The van der Waals surface area contributed by atoms with Crippen molar-refractivity contribution in [1.82, 2.24) is 10.3 Å². The average Bonchev–Trinajstić information content (AvgIpc) is 2.83. The number of nitrogens with one attached hydrogen (secondary N) is 1. The van der Waals surface area contributed by atoms with Gasteiger partial charge in [0, 0.05) is 29.0 Å². The molecule has 0 spiro atoms. The van der Waals surface area contributed by atoms with Gasteiger partial charge in [0.2, 0.25) is 0 Å². The van der Waals surface area contributed by atoms with E-state index in [4.69, 9.17) is 17.3 Å². The fourth-order valence-corrected chi connectivity index (χ4v) is 3.05. The van der Waals surface area contributed by atoms with Crippen molar-refractivity contribution >= 4 is 51.8 Å². The first-order valence-corrected chi connectivity index (χ1v) is 6.90. The summed E-state index contributed by atoms with van der Waals surface area (Å²) in [5.41, 5.74) is 5.54. The van der Waals surface area contributed by atoms with Crippen LogP contribution in [0.1, 0.15) is 9.75 Å². The number of thiazole rings is 1. The third kappa shape index (κ3) is 4.81. The Hall–Kier alpha value is -0.330. The normalized spacial score (nSPS) is 10.2. The van der Waals surface area contributed by atoms with Gasteiger partial charge < -0.3 is 11.1 Å². The Morgan fingerprint density at radius 3 is 2.71 bits per heavy atom. The van der Waals surface area contributed by atoms with Gasteiger partial charge in [-0.1, -0.05) is 11.6 Å². The molecule has 2 aromatic rings. The van der Waals surface area contributed by atoms with E-state index in [0.29, 0.717) is 5.13 Å². The minimum atomic E-state index is 0. The van der Waals surface area contributed by atoms with E-state index < -0.39 is 0 Å². The summed E-state index contributed by atoms with van der Waals surface area (Å²) in [4.78, 5) is 6.47. The largest absolute Gasteiger partial charge is 0.375 e. The summed E-state index contributed by atoms with van der Waals surface area (Å²) in [5, 5.41) is 3.98. The highest BCUT2D eigenvalue weighted by Gasteiger charge is 1.99. The predicted octanol–water partition coefficient (Wildman–Crippen LogP) is 3.19. The summed E-state index contributed by atoms with van der Waals surface area (Å²) in [6, 6.07) is 4.00. The molecule has 2 heterocycles. The van der Waals surface area contributed by atoms with Gasteiger partial charge in [0.1, 0.15) is 0 Å². The third-order valence-corrected chi connectivity index (χ3v) is 4.17. The zero-order chi connectivity index (χ0) is 11.4. The molecule has 17 heavy (non-hydrogen) atoms. The van der Waals surface area contributed by atoms with Gasteiger partial charge in [-0.2, -0.15) is 0 Å². The molecule has 0 fully saturated rings. The lowest BCUT2D eigenvalue weighted by Crippen LogP contribution is -2.15. The van der Waals surface area contributed by atoms with Crippen molar-refractivity contribution in [3.05, 3.63) is 32.4 Å². The number of aromatic nitrogens is 1. The molecule has 2 aromatic heterocycles. The Bertz CT molecular complexity index is 414. The van der Waals surface area contributed by atoms with Gasteiger partial charge in [0.25, 0.3) is 0 Å². The van der Waals surface area contributed by atoms with Crippen LogP contribution in [0, 0.1) is 0 Å². The van der Waals surface area contributed by atoms with Gasteiger partial charge in [0.15, 0.2) is 5.13 Å². The van der Waals surface area contributed by atoms with Crippen molar-refractivity contribution in [3.8, 4) is 0 Å². The smallest absolute Gasteiger partial charge is 0.180 e. The maximum absolute atomic E-state index is 5.85. The molecule has 3 nitrogen and oxygen atoms in total. The highest BCUT2D eigenvalue weighted by molar-refractivity contribution is 7.16. The second kappa shape index (κ2) is 7.18. The highest BCUT2D eigenvalue weighted by atomic mass is 35.5. The van der Waals surface area contributed by atoms with E-state index in [-0.39, 0.29) is 12.4 Å². The van der Waals surface area contributed by atoms with Gasteiger partial charge in [-0.15, -0.1) is 35.1 Å². The Morgan fingerprint density at radius 2 is 2.12 bits per heavy atom. The van der Waals surface area contributed by atoms with Crippen molar-refractivity contribution in [1.29, 1.82) is 0 Å². The first kappa shape index (κ1) is 14.7. The van der Waals surface area contributed by atoms with Crippen LogP contribution >= 0.6 is 46.7 Å². The van der Waals surface area contributed by atoms with Crippen LogP contribution in [0.5, 0.6) is 0 Å². The Labute approximate surface area is 119 Å². The number of nitrogens with zero attached hydrogens (tertiary/aromatic N) is 1. The van der Waals surface area contributed by atoms with Crippen molar-refractivity contribution in [3.63, 3.8) is 0 Å². The molecule has 7 heteroatoms. The van der Waals surface area contributed by atoms with Crippen LogP contribution in [0.15, 0.2) is 18.3 Å². The van der Waals surface area contributed by atoms with Gasteiger partial charge in [-0.3, -0.25) is 0 Å². The summed E-state index contributed by atoms with van der Waals surface area (Å²) < 4.78 is 0.852. The lowest BCUT2D eigenvalue weighted by atomic mass is 10.3. The second-order valence-corrected chi connectivity index (χ2v) is 6.24. The summed E-state index contributed by atoms with van der Waals surface area (Å²) in [7, 11) is 0. The minimum Gasteiger partial charge on any atom is -0.375 e. The monoisotopic (exact) mass is 309 g/mol. The van der Waals surface area contributed by atoms with E-state index in [0.717, 1.165) is 23.8 Å². The fraction of sp³-hybridized carbons (Fsp3) is 0.300. The number of hydrogen-bond donors (Lipinski definition) is 2. The second-order valence-electron chi connectivity index (χ2n) is 3.30. The molecule has 0 radical (unpaired) electrons. The minimum absolute atomic E-state index is 0. The maximum atomic E-state index is 5.85. The number of nitrogens with two attached hydrogens (primary N) is 1. The first-order valence-electron chi connectivity index (χ1n) is 4.89. The predicted molar refractivity (Wildman–Crippen MR) is 78.5 cm³/mol. The standard InChI is InChI=1S/C10H12ClN3S2.ClH/c11-9-2-1-7(15-9)3-4-13-5-8-6-14-10(12)16-8;/h1-2,6,13H,3-5H2,(H2,12,14);1H. The SMILES string of the molecule is Cl.Nc1ncc(CNCCc2ccc(Cl)s2)s1. The van der Waals surface area contributed by atoms with E-state index in [2.05, 4.69) is 16.4 Å². The fourth-order valence-electron chi connectivity index (χ4n) is 1.31. The summed E-state index contributed by atoms with van der Waals surface area (Å²) in [6.07, 6.45) is 2.82. The molecule has 0 amide bonds. The topological polar surface area (TPSA) is 50.9 Å². The Morgan fingerprint density at radius 1 is 1.29 bits per heavy atom. The molecule has 0 atom stereocenters. The van der Waals surface area contributed by atoms with Crippen LogP contribution in [0.2, 0.25) is 4.34 Å². The number of thiophene rings is 1. The Balaban J connectivity index is 0.00000144. The number of nitrogen functional groups attached to an aromatic ring is 1. The molecule has 0 unspecified atom stereocenters. The molecular formula is C10H13Cl2N3S2. The molecule has 0 aliphatic carbocycles. The van der Waals surface area contributed by atoms with Crippen LogP contribution in [0.25, 0.3) is 0 Å². The zero-order valence-corrected chi connectivity index (χ0v) is 12.2. The highest BCUT2D eigenvalue weighted by Crippen LogP contribution is 2.21. The molecule has 3 N–H and O–H groups in total. The van der Waals surface area contributed by atoms with Crippen LogP contribution < -0.4 is 11.1 Å². The van der Waals surface area contributed by atoms with Gasteiger partial charge in [0.05, 0.1) is 4.34 Å². The molecule has 0 aliphatic rings. The molecule has 94 valence electrons.